The molecule has 37 heavy (non-hydrogen) atoms. The number of rotatable bonds is 4. The molecule has 0 radical (unpaired) electrons. The smallest absolute Gasteiger partial charge is 0.256 e. The normalized spacial score (nSPS) is 12.6. The van der Waals surface area contributed by atoms with Crippen LogP contribution in [0.3, 0.4) is 0 Å². The summed E-state index contributed by atoms with van der Waals surface area (Å²) < 4.78 is 1.80. The molecule has 2 aromatic carbocycles. The van der Waals surface area contributed by atoms with Crippen LogP contribution in [0.25, 0.3) is 11.3 Å². The maximum Gasteiger partial charge on any atom is 0.256 e. The molecule has 0 fully saturated rings. The first-order valence-corrected chi connectivity index (χ1v) is 12.3. The third-order valence-corrected chi connectivity index (χ3v) is 6.59. The Balaban J connectivity index is 1.44. The molecule has 0 spiro atoms. The van der Waals surface area contributed by atoms with Crippen LogP contribution in [0.1, 0.15) is 58.2 Å². The lowest BCUT2D eigenvalue weighted by molar-refractivity contribution is 0.0998. The lowest BCUT2D eigenvalue weighted by atomic mass is 9.85. The number of carbonyl (C=O) groups is 2. The maximum atomic E-state index is 12.7. The largest absolute Gasteiger partial charge is 0.365 e. The van der Waals surface area contributed by atoms with Crippen LogP contribution in [0.4, 0.5) is 17.3 Å². The highest BCUT2D eigenvalue weighted by Crippen LogP contribution is 2.36. The summed E-state index contributed by atoms with van der Waals surface area (Å²) in [6, 6.07) is 17.0. The minimum Gasteiger partial charge on any atom is -0.365 e. The lowest BCUT2D eigenvalue weighted by Gasteiger charge is -2.21. The van der Waals surface area contributed by atoms with Gasteiger partial charge in [0.05, 0.1) is 0 Å². The van der Waals surface area contributed by atoms with Gasteiger partial charge in [0.15, 0.2) is 0 Å². The minimum absolute atomic E-state index is 0.0417. The van der Waals surface area contributed by atoms with Crippen LogP contribution in [0, 0.1) is 6.92 Å². The van der Waals surface area contributed by atoms with E-state index in [-0.39, 0.29) is 11.3 Å². The number of hydrogen-bond acceptors (Lipinski definition) is 5. The number of fused-ring (bicyclic) bond motifs is 2. The Labute approximate surface area is 215 Å². The molecule has 0 saturated carbocycles. The summed E-state index contributed by atoms with van der Waals surface area (Å²) in [6.45, 7) is 9.11. The summed E-state index contributed by atoms with van der Waals surface area (Å²) in [7, 11) is 0. The Bertz CT molecular complexity index is 1510. The Morgan fingerprint density at radius 2 is 1.81 bits per heavy atom. The Morgan fingerprint density at radius 1 is 1.05 bits per heavy atom. The van der Waals surface area contributed by atoms with Crippen molar-refractivity contribution in [1.82, 2.24) is 14.8 Å². The van der Waals surface area contributed by atoms with Crippen LogP contribution in [0.15, 0.2) is 60.8 Å². The fourth-order valence-electron chi connectivity index (χ4n) is 4.50. The van der Waals surface area contributed by atoms with Gasteiger partial charge in [0.25, 0.3) is 11.8 Å². The van der Waals surface area contributed by atoms with Crippen LogP contribution in [0.5, 0.6) is 0 Å². The Kier molecular flexibility index (Phi) is 6.03. The molecule has 0 atom stereocenters. The van der Waals surface area contributed by atoms with E-state index in [9.17, 15) is 9.59 Å². The van der Waals surface area contributed by atoms with E-state index in [4.69, 9.17) is 10.8 Å². The monoisotopic (exact) mass is 494 g/mol. The van der Waals surface area contributed by atoms with E-state index in [1.54, 1.807) is 41.2 Å². The zero-order valence-corrected chi connectivity index (χ0v) is 21.4. The van der Waals surface area contributed by atoms with Gasteiger partial charge in [-0.05, 0) is 65.8 Å². The molecule has 4 N–H and O–H groups in total. The van der Waals surface area contributed by atoms with Crippen molar-refractivity contribution in [1.29, 1.82) is 0 Å². The van der Waals surface area contributed by atoms with Gasteiger partial charge in [-0.1, -0.05) is 45.0 Å². The van der Waals surface area contributed by atoms with Crippen molar-refractivity contribution in [2.24, 2.45) is 5.73 Å². The average molecular weight is 495 g/mol. The van der Waals surface area contributed by atoms with Gasteiger partial charge in [0.2, 0.25) is 0 Å². The van der Waals surface area contributed by atoms with Crippen molar-refractivity contribution < 1.29 is 9.59 Å². The molecule has 1 aliphatic heterocycles. The van der Waals surface area contributed by atoms with Crippen molar-refractivity contribution in [2.45, 2.75) is 46.1 Å². The SMILES string of the molecule is Cc1ccnc(NC(=O)c2ccc(-c3nn4c(c3C(N)=O)Nc3ccc(C(C)(C)C)cc3CC4)cc2)c1. The van der Waals surface area contributed by atoms with E-state index in [1.807, 2.05) is 13.0 Å². The number of carbonyl (C=O) groups excluding carboxylic acids is 2. The maximum absolute atomic E-state index is 12.7. The molecule has 3 heterocycles. The van der Waals surface area contributed by atoms with Crippen molar-refractivity contribution in [3.05, 3.63) is 88.6 Å². The van der Waals surface area contributed by atoms with Gasteiger partial charge in [-0.15, -0.1) is 0 Å². The first kappa shape index (κ1) is 24.2. The number of benzene rings is 2. The van der Waals surface area contributed by atoms with Crippen molar-refractivity contribution in [3.8, 4) is 11.3 Å². The molecule has 8 nitrogen and oxygen atoms in total. The third-order valence-electron chi connectivity index (χ3n) is 6.59. The van der Waals surface area contributed by atoms with E-state index in [0.717, 1.165) is 17.7 Å². The number of aryl methyl sites for hydroxylation is 3. The summed E-state index contributed by atoms with van der Waals surface area (Å²) in [4.78, 5) is 29.5. The van der Waals surface area contributed by atoms with E-state index in [1.165, 1.54) is 11.1 Å². The molecule has 2 amide bonds. The second-order valence-corrected chi connectivity index (χ2v) is 10.4. The molecule has 0 saturated heterocycles. The lowest BCUT2D eigenvalue weighted by Crippen LogP contribution is -2.14. The van der Waals surface area contributed by atoms with Crippen LogP contribution < -0.4 is 16.4 Å². The average Bonchev–Trinajstić information content (AvgIpc) is 3.11. The van der Waals surface area contributed by atoms with Crippen molar-refractivity contribution >= 4 is 29.1 Å². The first-order chi connectivity index (χ1) is 17.6. The number of pyridine rings is 1. The third kappa shape index (κ3) is 4.82. The predicted molar refractivity (Wildman–Crippen MR) is 145 cm³/mol. The molecule has 2 aromatic heterocycles. The zero-order chi connectivity index (χ0) is 26.3. The van der Waals surface area contributed by atoms with Gasteiger partial charge < -0.3 is 16.4 Å². The molecule has 4 aromatic rings. The highest BCUT2D eigenvalue weighted by atomic mass is 16.2. The molecular formula is C29H30N6O2. The van der Waals surface area contributed by atoms with E-state index in [2.05, 4.69) is 54.6 Å². The molecule has 188 valence electrons. The van der Waals surface area contributed by atoms with Crippen molar-refractivity contribution in [2.75, 3.05) is 10.6 Å². The van der Waals surface area contributed by atoms with E-state index in [0.29, 0.717) is 40.6 Å². The van der Waals surface area contributed by atoms with Gasteiger partial charge in [0.1, 0.15) is 22.9 Å². The Hall–Kier alpha value is -4.46. The summed E-state index contributed by atoms with van der Waals surface area (Å²) in [5, 5.41) is 11.0. The summed E-state index contributed by atoms with van der Waals surface area (Å²) in [5.74, 6) is 0.236. The standard InChI is InChI=1S/C29H30N6O2/c1-17-11-13-31-23(15-17)33-28(37)19-7-5-18(6-8-19)25-24(26(30)36)27-32-22-10-9-21(29(2,3)4)16-20(22)12-14-35(27)34-25/h5-11,13,15-16,32H,12,14H2,1-4H3,(H2,30,36)(H,31,33,37). The molecule has 0 aliphatic carbocycles. The van der Waals surface area contributed by atoms with Gasteiger partial charge in [-0.25, -0.2) is 9.67 Å². The van der Waals surface area contributed by atoms with Crippen molar-refractivity contribution in [3.63, 3.8) is 0 Å². The van der Waals surface area contributed by atoms with Gasteiger partial charge >= 0.3 is 0 Å². The van der Waals surface area contributed by atoms with Crippen LogP contribution in [-0.4, -0.2) is 26.6 Å². The first-order valence-electron chi connectivity index (χ1n) is 12.3. The minimum atomic E-state index is -0.564. The van der Waals surface area contributed by atoms with Gasteiger partial charge in [-0.2, -0.15) is 5.10 Å². The van der Waals surface area contributed by atoms with Gasteiger partial charge in [0, 0.05) is 29.6 Å². The molecule has 0 unspecified atom stereocenters. The quantitative estimate of drug-likeness (QED) is 0.361. The molecule has 5 rings (SSSR count). The molecule has 1 aliphatic rings. The van der Waals surface area contributed by atoms with Crippen LogP contribution in [-0.2, 0) is 18.4 Å². The fourth-order valence-corrected chi connectivity index (χ4v) is 4.50. The zero-order valence-electron chi connectivity index (χ0n) is 21.4. The second kappa shape index (κ2) is 9.20. The van der Waals surface area contributed by atoms with E-state index < -0.39 is 5.91 Å². The number of primary amides is 1. The Morgan fingerprint density at radius 3 is 2.49 bits per heavy atom. The van der Waals surface area contributed by atoms with E-state index >= 15 is 0 Å². The number of nitrogens with zero attached hydrogens (tertiary/aromatic N) is 3. The topological polar surface area (TPSA) is 115 Å². The number of amides is 2. The molecule has 0 bridgehead atoms. The highest BCUT2D eigenvalue weighted by Gasteiger charge is 2.27. The molecule has 8 heteroatoms. The summed E-state index contributed by atoms with van der Waals surface area (Å²) in [6.07, 6.45) is 2.42. The number of nitrogens with one attached hydrogen (secondary N) is 2. The number of anilines is 3. The number of hydrogen-bond donors (Lipinski definition) is 3. The van der Waals surface area contributed by atoms with Crippen LogP contribution >= 0.6 is 0 Å². The summed E-state index contributed by atoms with van der Waals surface area (Å²) >= 11 is 0. The number of nitrogens with two attached hydrogens (primary N) is 1. The molecular weight excluding hydrogens is 464 g/mol. The highest BCUT2D eigenvalue weighted by molar-refractivity contribution is 6.06. The predicted octanol–water partition coefficient (Wildman–Crippen LogP) is 5.20. The summed E-state index contributed by atoms with van der Waals surface area (Å²) in [5.41, 5.74) is 12.2. The fraction of sp³-hybridized carbons (Fsp3) is 0.241. The van der Waals surface area contributed by atoms with Gasteiger partial charge in [-0.3, -0.25) is 9.59 Å². The number of aromatic nitrogens is 3. The second-order valence-electron chi connectivity index (χ2n) is 10.4. The van der Waals surface area contributed by atoms with Crippen LogP contribution in [0.2, 0.25) is 0 Å².